The molecule has 0 unspecified atom stereocenters. The molecule has 84 valence electrons. The van der Waals surface area contributed by atoms with Gasteiger partial charge in [-0.25, -0.2) is 4.79 Å². The van der Waals surface area contributed by atoms with Gasteiger partial charge < -0.3 is 9.84 Å². The molecule has 0 radical (unpaired) electrons. The second-order valence-electron chi connectivity index (χ2n) is 3.42. The Balaban J connectivity index is 2.66. The summed E-state index contributed by atoms with van der Waals surface area (Å²) in [5.41, 5.74) is 0.0685. The molecule has 0 saturated carbocycles. The van der Waals surface area contributed by atoms with E-state index < -0.39 is 5.97 Å². The monoisotopic (exact) mass is 227 g/mol. The Morgan fingerprint density at radius 3 is 2.76 bits per heavy atom. The molecule has 0 aliphatic carbocycles. The number of nitriles is 1. The fourth-order valence-electron chi connectivity index (χ4n) is 1.67. The molecule has 17 heavy (non-hydrogen) atoms. The molecule has 0 aliphatic rings. The van der Waals surface area contributed by atoms with Crippen LogP contribution in [0.5, 0.6) is 5.75 Å². The minimum absolute atomic E-state index is 0.0685. The summed E-state index contributed by atoms with van der Waals surface area (Å²) in [5, 5.41) is 19.1. The third-order valence-corrected chi connectivity index (χ3v) is 2.39. The van der Waals surface area contributed by atoms with E-state index in [0.717, 1.165) is 5.39 Å². The maximum atomic E-state index is 11.1. The summed E-state index contributed by atoms with van der Waals surface area (Å²) in [7, 11) is 0. The summed E-state index contributed by atoms with van der Waals surface area (Å²) in [6.07, 6.45) is 0. The van der Waals surface area contributed by atoms with Crippen molar-refractivity contribution in [3.05, 3.63) is 42.0 Å². The van der Waals surface area contributed by atoms with Gasteiger partial charge in [0.15, 0.2) is 6.61 Å². The van der Waals surface area contributed by atoms with Crippen LogP contribution in [0.2, 0.25) is 0 Å². The number of fused-ring (bicyclic) bond motifs is 1. The van der Waals surface area contributed by atoms with Gasteiger partial charge >= 0.3 is 5.97 Å². The molecule has 4 heteroatoms. The lowest BCUT2D eigenvalue weighted by Crippen LogP contribution is -2.03. The zero-order chi connectivity index (χ0) is 12.3. The Labute approximate surface area is 97.7 Å². The summed E-state index contributed by atoms with van der Waals surface area (Å²) < 4.78 is 5.22. The van der Waals surface area contributed by atoms with Crippen LogP contribution in [0, 0.1) is 11.3 Å². The molecule has 2 aromatic carbocycles. The number of hydrogen-bond acceptors (Lipinski definition) is 3. The third-order valence-electron chi connectivity index (χ3n) is 2.39. The van der Waals surface area contributed by atoms with Crippen LogP contribution >= 0.6 is 0 Å². The van der Waals surface area contributed by atoms with E-state index in [2.05, 4.69) is 0 Å². The summed E-state index contributed by atoms with van der Waals surface area (Å²) in [4.78, 5) is 11.1. The Kier molecular flexibility index (Phi) is 2.93. The highest BCUT2D eigenvalue weighted by Gasteiger charge is 2.14. The quantitative estimate of drug-likeness (QED) is 0.874. The van der Waals surface area contributed by atoms with E-state index in [1.807, 2.05) is 18.2 Å². The van der Waals surface area contributed by atoms with Crippen LogP contribution < -0.4 is 4.74 Å². The number of benzene rings is 2. The van der Waals surface area contributed by atoms with E-state index >= 15 is 0 Å². The van der Waals surface area contributed by atoms with Crippen molar-refractivity contribution in [3.8, 4) is 11.8 Å². The number of ether oxygens (including phenoxy) is 1. The van der Waals surface area contributed by atoms with Crippen molar-refractivity contribution in [2.75, 3.05) is 6.61 Å². The first kappa shape index (κ1) is 11.0. The van der Waals surface area contributed by atoms with Gasteiger partial charge in [0, 0.05) is 5.39 Å². The van der Waals surface area contributed by atoms with Crippen LogP contribution in [-0.2, 0) is 0 Å². The predicted molar refractivity (Wildman–Crippen MR) is 62.0 cm³/mol. The number of carboxylic acid groups (broad SMARTS) is 1. The topological polar surface area (TPSA) is 70.3 Å². The van der Waals surface area contributed by atoms with Crippen molar-refractivity contribution in [3.63, 3.8) is 0 Å². The maximum Gasteiger partial charge on any atom is 0.339 e. The summed E-state index contributed by atoms with van der Waals surface area (Å²) >= 11 is 0. The highest BCUT2D eigenvalue weighted by molar-refractivity contribution is 6.00. The molecule has 1 N–H and O–H groups in total. The molecule has 0 bridgehead atoms. The number of rotatable bonds is 3. The van der Waals surface area contributed by atoms with Crippen LogP contribution in [0.1, 0.15) is 10.4 Å². The van der Waals surface area contributed by atoms with Crippen molar-refractivity contribution in [1.82, 2.24) is 0 Å². The van der Waals surface area contributed by atoms with Crippen molar-refractivity contribution >= 4 is 16.7 Å². The van der Waals surface area contributed by atoms with Gasteiger partial charge in [0.25, 0.3) is 0 Å². The summed E-state index contributed by atoms with van der Waals surface area (Å²) in [6.45, 7) is -0.172. The molecule has 0 aliphatic heterocycles. The fourth-order valence-corrected chi connectivity index (χ4v) is 1.67. The Morgan fingerprint density at radius 1 is 1.29 bits per heavy atom. The van der Waals surface area contributed by atoms with Gasteiger partial charge in [0.2, 0.25) is 0 Å². The SMILES string of the molecule is N#CCOc1c(C(=O)O)ccc2ccccc12. The first-order chi connectivity index (χ1) is 8.24. The molecule has 2 rings (SSSR count). The number of carboxylic acids is 1. The highest BCUT2D eigenvalue weighted by atomic mass is 16.5. The molecule has 0 saturated heterocycles. The van der Waals surface area contributed by atoms with E-state index in [-0.39, 0.29) is 17.9 Å². The third kappa shape index (κ3) is 2.04. The normalized spacial score (nSPS) is 9.82. The fraction of sp³-hybridized carbons (Fsp3) is 0.0769. The van der Waals surface area contributed by atoms with Gasteiger partial charge in [-0.15, -0.1) is 0 Å². The van der Waals surface area contributed by atoms with Gasteiger partial charge in [0.1, 0.15) is 17.4 Å². The minimum atomic E-state index is -1.07. The highest BCUT2D eigenvalue weighted by Crippen LogP contribution is 2.29. The number of aromatic carboxylic acids is 1. The Hall–Kier alpha value is -2.54. The summed E-state index contributed by atoms with van der Waals surface area (Å²) in [5.74, 6) is -0.819. The van der Waals surface area contributed by atoms with E-state index in [4.69, 9.17) is 15.1 Å². The minimum Gasteiger partial charge on any atom is -0.478 e. The van der Waals surface area contributed by atoms with Crippen LogP contribution in [0.25, 0.3) is 10.8 Å². The average Bonchev–Trinajstić information content (AvgIpc) is 2.35. The molecule has 0 atom stereocenters. The van der Waals surface area contributed by atoms with E-state index in [1.165, 1.54) is 6.07 Å². The first-order valence-electron chi connectivity index (χ1n) is 4.99. The smallest absolute Gasteiger partial charge is 0.339 e. The van der Waals surface area contributed by atoms with Crippen molar-refractivity contribution in [1.29, 1.82) is 5.26 Å². The molecule has 0 aromatic heterocycles. The van der Waals surface area contributed by atoms with Gasteiger partial charge in [-0.2, -0.15) is 5.26 Å². The summed E-state index contributed by atoms with van der Waals surface area (Å²) in [6, 6.07) is 12.3. The van der Waals surface area contributed by atoms with E-state index in [0.29, 0.717) is 5.39 Å². The molecule has 0 amide bonds. The van der Waals surface area contributed by atoms with Gasteiger partial charge in [-0.1, -0.05) is 30.3 Å². The number of hydrogen-bond donors (Lipinski definition) is 1. The molecular formula is C13H9NO3. The number of nitrogens with zero attached hydrogens (tertiary/aromatic N) is 1. The van der Waals surface area contributed by atoms with Crippen LogP contribution in [0.15, 0.2) is 36.4 Å². The van der Waals surface area contributed by atoms with Crippen LogP contribution in [-0.4, -0.2) is 17.7 Å². The van der Waals surface area contributed by atoms with Crippen LogP contribution in [0.4, 0.5) is 0 Å². The number of carbonyl (C=O) groups is 1. The second-order valence-corrected chi connectivity index (χ2v) is 3.42. The molecular weight excluding hydrogens is 218 g/mol. The average molecular weight is 227 g/mol. The Bertz CT molecular complexity index is 614. The maximum absolute atomic E-state index is 11.1. The molecule has 2 aromatic rings. The standard InChI is InChI=1S/C13H9NO3/c14-7-8-17-12-10-4-2-1-3-9(10)5-6-11(12)13(15)16/h1-6H,8H2,(H,15,16). The lowest BCUT2D eigenvalue weighted by molar-refractivity contribution is 0.0693. The molecule has 0 spiro atoms. The largest absolute Gasteiger partial charge is 0.478 e. The van der Waals surface area contributed by atoms with Gasteiger partial charge in [-0.3, -0.25) is 0 Å². The second kappa shape index (κ2) is 4.54. The zero-order valence-electron chi connectivity index (χ0n) is 8.88. The molecule has 0 heterocycles. The molecule has 4 nitrogen and oxygen atoms in total. The lowest BCUT2D eigenvalue weighted by Gasteiger charge is -2.09. The van der Waals surface area contributed by atoms with Gasteiger partial charge in [-0.05, 0) is 11.5 Å². The zero-order valence-corrected chi connectivity index (χ0v) is 8.88. The Morgan fingerprint density at radius 2 is 2.06 bits per heavy atom. The lowest BCUT2D eigenvalue weighted by atomic mass is 10.1. The van der Waals surface area contributed by atoms with E-state index in [1.54, 1.807) is 18.2 Å². The van der Waals surface area contributed by atoms with E-state index in [9.17, 15) is 4.79 Å². The van der Waals surface area contributed by atoms with Crippen molar-refractivity contribution in [2.45, 2.75) is 0 Å². The van der Waals surface area contributed by atoms with Gasteiger partial charge in [0.05, 0.1) is 0 Å². The van der Waals surface area contributed by atoms with Crippen LogP contribution in [0.3, 0.4) is 0 Å². The first-order valence-corrected chi connectivity index (χ1v) is 4.99. The predicted octanol–water partition coefficient (Wildman–Crippen LogP) is 2.44. The van der Waals surface area contributed by atoms with Crippen molar-refractivity contribution < 1.29 is 14.6 Å². The van der Waals surface area contributed by atoms with Crippen molar-refractivity contribution in [2.24, 2.45) is 0 Å². The molecule has 0 fully saturated rings.